The molecule has 0 aliphatic carbocycles. The van der Waals surface area contributed by atoms with Crippen LogP contribution in [0, 0.1) is 0 Å². The van der Waals surface area contributed by atoms with Gasteiger partial charge in [0.2, 0.25) is 5.91 Å². The van der Waals surface area contributed by atoms with Gasteiger partial charge >= 0.3 is 7.82 Å². The Bertz CT molecular complexity index is 881. The lowest BCUT2D eigenvalue weighted by Crippen LogP contribution is -2.46. The molecule has 45 heavy (non-hydrogen) atoms. The number of hydrogen-bond acceptors (Lipinski definition) is 5. The maximum atomic E-state index is 12.7. The minimum absolute atomic E-state index is 0.0639. The zero-order chi connectivity index (χ0) is 33.7. The van der Waals surface area contributed by atoms with Gasteiger partial charge < -0.3 is 19.8 Å². The molecule has 0 aromatic carbocycles. The molecule has 0 rings (SSSR count). The lowest BCUT2D eigenvalue weighted by atomic mass is 10.0. The van der Waals surface area contributed by atoms with Crippen LogP contribution in [-0.2, 0) is 18.4 Å². The predicted molar refractivity (Wildman–Crippen MR) is 189 cm³/mol. The quantitative estimate of drug-likeness (QED) is 0.0310. The molecule has 0 aliphatic heterocycles. The summed E-state index contributed by atoms with van der Waals surface area (Å²) in [6.07, 6.45) is 32.9. The van der Waals surface area contributed by atoms with Gasteiger partial charge in [-0.2, -0.15) is 0 Å². The largest absolute Gasteiger partial charge is 0.472 e. The van der Waals surface area contributed by atoms with E-state index in [1.165, 1.54) is 32.1 Å². The maximum Gasteiger partial charge on any atom is 0.472 e. The molecule has 0 aromatic heterocycles. The number of unbranched alkanes of at least 4 members (excludes halogenated alkanes) is 9. The van der Waals surface area contributed by atoms with Crippen molar-refractivity contribution in [3.63, 3.8) is 0 Å². The number of nitrogens with one attached hydrogen (secondary N) is 1. The Labute approximate surface area is 276 Å². The summed E-state index contributed by atoms with van der Waals surface area (Å²) in [5.41, 5.74) is 0. The number of phosphoric ester groups is 1. The molecule has 0 fully saturated rings. The topological polar surface area (TPSA) is 105 Å². The molecular formula is C36H68N2O6P+. The van der Waals surface area contributed by atoms with Crippen LogP contribution in [0.3, 0.4) is 0 Å². The number of rotatable bonds is 30. The number of aliphatic hydroxyl groups is 1. The molecule has 3 N–H and O–H groups in total. The number of phosphoric acid groups is 1. The zero-order valence-electron chi connectivity index (χ0n) is 29.3. The van der Waals surface area contributed by atoms with Gasteiger partial charge in [0.15, 0.2) is 0 Å². The second kappa shape index (κ2) is 28.7. The molecule has 0 saturated heterocycles. The minimum Gasteiger partial charge on any atom is -0.391 e. The monoisotopic (exact) mass is 655 g/mol. The second-order valence-electron chi connectivity index (χ2n) is 12.9. The Kier molecular flexibility index (Phi) is 27.7. The van der Waals surface area contributed by atoms with Gasteiger partial charge in [-0.05, 0) is 51.4 Å². The minimum atomic E-state index is -4.31. The van der Waals surface area contributed by atoms with E-state index in [1.807, 2.05) is 21.1 Å². The molecule has 3 atom stereocenters. The molecule has 0 spiro atoms. The molecule has 262 valence electrons. The third-order valence-corrected chi connectivity index (χ3v) is 8.33. The van der Waals surface area contributed by atoms with Gasteiger partial charge in [0.25, 0.3) is 0 Å². The van der Waals surface area contributed by atoms with E-state index in [1.54, 1.807) is 0 Å². The molecule has 0 aromatic rings. The Balaban J connectivity index is 4.57. The normalized spacial score (nSPS) is 15.4. The molecule has 0 radical (unpaired) electrons. The van der Waals surface area contributed by atoms with Gasteiger partial charge in [-0.3, -0.25) is 13.8 Å². The summed E-state index contributed by atoms with van der Waals surface area (Å²) < 4.78 is 23.4. The van der Waals surface area contributed by atoms with Crippen molar-refractivity contribution in [3.8, 4) is 0 Å². The molecule has 1 amide bonds. The highest BCUT2D eigenvalue weighted by atomic mass is 31.2. The molecule has 3 unspecified atom stereocenters. The summed E-state index contributed by atoms with van der Waals surface area (Å²) in [4.78, 5) is 22.9. The SMILES string of the molecule is CC/C=C\C/C=C\C/C=C\C/C=C\CCCCC(=O)NC(COP(=O)(O)OCC[N+](C)(C)C)C(O)CCCCCCCCCC. The Hall–Kier alpha value is -1.54. The molecule has 0 saturated carbocycles. The van der Waals surface area contributed by atoms with Crippen molar-refractivity contribution in [1.82, 2.24) is 5.32 Å². The average molecular weight is 656 g/mol. The van der Waals surface area contributed by atoms with E-state index in [2.05, 4.69) is 67.8 Å². The number of likely N-dealkylation sites (N-methyl/N-ethyl adjacent to an activating group) is 1. The summed E-state index contributed by atoms with van der Waals surface area (Å²) in [6, 6.07) is -0.779. The second-order valence-corrected chi connectivity index (χ2v) is 14.3. The number of aliphatic hydroxyl groups excluding tert-OH is 1. The summed E-state index contributed by atoms with van der Waals surface area (Å²) >= 11 is 0. The van der Waals surface area contributed by atoms with Crippen LogP contribution in [0.4, 0.5) is 0 Å². The standard InChI is InChI=1S/C36H67N2O6P/c1-6-8-10-12-14-16-17-18-19-20-21-22-24-26-28-30-36(40)37-34(33-44-45(41,42)43-32-31-38(3,4)5)35(39)29-27-25-23-15-13-11-9-7-2/h8,10,14,16,18-19,21-22,34-35,39H,6-7,9,11-13,15,17,20,23-33H2,1-5H3,(H-,37,40,41,42)/p+1/b10-8-,16-14-,19-18-,22-21-. The van der Waals surface area contributed by atoms with Crippen molar-refractivity contribution < 1.29 is 32.9 Å². The van der Waals surface area contributed by atoms with E-state index >= 15 is 0 Å². The van der Waals surface area contributed by atoms with Crippen LogP contribution in [0.1, 0.15) is 123 Å². The van der Waals surface area contributed by atoms with Crippen LogP contribution < -0.4 is 5.32 Å². The van der Waals surface area contributed by atoms with Gasteiger partial charge in [-0.1, -0.05) is 114 Å². The summed E-state index contributed by atoms with van der Waals surface area (Å²) in [5, 5.41) is 13.7. The fraction of sp³-hybridized carbons (Fsp3) is 0.750. The van der Waals surface area contributed by atoms with Crippen LogP contribution in [0.5, 0.6) is 0 Å². The molecule has 0 aliphatic rings. The van der Waals surface area contributed by atoms with E-state index < -0.39 is 20.0 Å². The average Bonchev–Trinajstić information content (AvgIpc) is 2.97. The van der Waals surface area contributed by atoms with E-state index in [0.29, 0.717) is 23.9 Å². The Morgan fingerprint density at radius 3 is 1.91 bits per heavy atom. The summed E-state index contributed by atoms with van der Waals surface area (Å²) in [6.45, 7) is 4.66. The number of allylic oxidation sites excluding steroid dienone is 8. The number of hydrogen-bond donors (Lipinski definition) is 3. The van der Waals surface area contributed by atoms with Crippen LogP contribution in [0.25, 0.3) is 0 Å². The van der Waals surface area contributed by atoms with Crippen molar-refractivity contribution in [2.75, 3.05) is 40.9 Å². The molecular weight excluding hydrogens is 587 g/mol. The molecule has 8 nitrogen and oxygen atoms in total. The first kappa shape index (κ1) is 43.5. The first-order valence-corrected chi connectivity index (χ1v) is 19.0. The zero-order valence-corrected chi connectivity index (χ0v) is 30.2. The fourth-order valence-corrected chi connectivity index (χ4v) is 5.24. The highest BCUT2D eigenvalue weighted by Crippen LogP contribution is 2.43. The van der Waals surface area contributed by atoms with Crippen LogP contribution in [-0.4, -0.2) is 73.4 Å². The molecule has 0 heterocycles. The molecule has 9 heteroatoms. The Morgan fingerprint density at radius 1 is 0.778 bits per heavy atom. The van der Waals surface area contributed by atoms with Gasteiger partial charge in [0.1, 0.15) is 13.2 Å². The van der Waals surface area contributed by atoms with Crippen molar-refractivity contribution >= 4 is 13.7 Å². The highest BCUT2D eigenvalue weighted by molar-refractivity contribution is 7.47. The smallest absolute Gasteiger partial charge is 0.391 e. The Morgan fingerprint density at radius 2 is 1.33 bits per heavy atom. The van der Waals surface area contributed by atoms with E-state index in [0.717, 1.165) is 64.2 Å². The van der Waals surface area contributed by atoms with Crippen molar-refractivity contribution in [2.24, 2.45) is 0 Å². The highest BCUT2D eigenvalue weighted by Gasteiger charge is 2.28. The van der Waals surface area contributed by atoms with Crippen molar-refractivity contribution in [1.29, 1.82) is 0 Å². The maximum absolute atomic E-state index is 12.7. The number of quaternary nitrogens is 1. The summed E-state index contributed by atoms with van der Waals surface area (Å²) in [7, 11) is 1.57. The number of carbonyl (C=O) groups is 1. The number of nitrogens with zero attached hydrogens (tertiary/aromatic N) is 1. The lowest BCUT2D eigenvalue weighted by molar-refractivity contribution is -0.870. The van der Waals surface area contributed by atoms with Crippen LogP contribution >= 0.6 is 7.82 Å². The fourth-order valence-electron chi connectivity index (χ4n) is 4.50. The van der Waals surface area contributed by atoms with E-state index in [9.17, 15) is 19.4 Å². The predicted octanol–water partition coefficient (Wildman–Crippen LogP) is 8.57. The van der Waals surface area contributed by atoms with Gasteiger partial charge in [0, 0.05) is 6.42 Å². The lowest BCUT2D eigenvalue weighted by Gasteiger charge is -2.26. The van der Waals surface area contributed by atoms with Gasteiger partial charge in [-0.25, -0.2) is 4.57 Å². The van der Waals surface area contributed by atoms with Crippen molar-refractivity contribution in [2.45, 2.75) is 135 Å². The summed E-state index contributed by atoms with van der Waals surface area (Å²) in [5.74, 6) is -0.192. The van der Waals surface area contributed by atoms with Crippen LogP contribution in [0.15, 0.2) is 48.6 Å². The third kappa shape index (κ3) is 30.9. The van der Waals surface area contributed by atoms with Crippen LogP contribution in [0.2, 0.25) is 0 Å². The number of carbonyl (C=O) groups excluding carboxylic acids is 1. The number of amides is 1. The van der Waals surface area contributed by atoms with Gasteiger partial charge in [-0.15, -0.1) is 0 Å². The third-order valence-electron chi connectivity index (χ3n) is 7.34. The van der Waals surface area contributed by atoms with Crippen molar-refractivity contribution in [3.05, 3.63) is 48.6 Å². The molecule has 0 bridgehead atoms. The van der Waals surface area contributed by atoms with Gasteiger partial charge in [0.05, 0.1) is 39.9 Å². The van der Waals surface area contributed by atoms with E-state index in [-0.39, 0.29) is 19.1 Å². The first-order chi connectivity index (χ1) is 21.5. The first-order valence-electron chi connectivity index (χ1n) is 17.5. The van der Waals surface area contributed by atoms with E-state index in [4.69, 9.17) is 9.05 Å².